The largest absolute Gasteiger partial charge is 0.248 e. The molecule has 0 spiro atoms. The minimum Gasteiger partial charge on any atom is -0.248 e. The molecule has 0 radical (unpaired) electrons. The number of aromatic nitrogens is 1. The van der Waals surface area contributed by atoms with Crippen molar-refractivity contribution < 1.29 is 0 Å². The van der Waals surface area contributed by atoms with Crippen LogP contribution < -0.4 is 0 Å². The molecular weight excluding hydrogens is 494 g/mol. The molecule has 1 aromatic heterocycles. The molecule has 1 unspecified atom stereocenters. The van der Waals surface area contributed by atoms with Crippen molar-refractivity contribution in [1.29, 1.82) is 0 Å². The van der Waals surface area contributed by atoms with E-state index in [2.05, 4.69) is 141 Å². The highest BCUT2D eigenvalue weighted by molar-refractivity contribution is 5.81. The third-order valence-electron chi connectivity index (χ3n) is 7.97. The van der Waals surface area contributed by atoms with E-state index in [1.54, 1.807) is 0 Å². The van der Waals surface area contributed by atoms with Crippen molar-refractivity contribution in [2.45, 2.75) is 26.7 Å². The van der Waals surface area contributed by atoms with Crippen LogP contribution in [0.15, 0.2) is 140 Å². The summed E-state index contributed by atoms with van der Waals surface area (Å²) in [6.07, 6.45) is 11.1. The van der Waals surface area contributed by atoms with Gasteiger partial charge in [-0.25, -0.2) is 4.98 Å². The van der Waals surface area contributed by atoms with Gasteiger partial charge < -0.3 is 0 Å². The molecule has 200 valence electrons. The van der Waals surface area contributed by atoms with Gasteiger partial charge in [0.25, 0.3) is 0 Å². The van der Waals surface area contributed by atoms with E-state index in [0.29, 0.717) is 5.92 Å². The average Bonchev–Trinajstić information content (AvgIpc) is 3.03. The molecule has 1 aliphatic carbocycles. The fourth-order valence-corrected chi connectivity index (χ4v) is 5.74. The van der Waals surface area contributed by atoms with E-state index in [1.807, 2.05) is 13.0 Å². The first-order valence-electron chi connectivity index (χ1n) is 14.4. The van der Waals surface area contributed by atoms with E-state index in [-0.39, 0.29) is 0 Å². The first kappa shape index (κ1) is 26.5. The van der Waals surface area contributed by atoms with Gasteiger partial charge in [-0.3, -0.25) is 0 Å². The van der Waals surface area contributed by atoms with Crippen LogP contribution in [0.2, 0.25) is 0 Å². The molecule has 0 bridgehead atoms. The van der Waals surface area contributed by atoms with Crippen molar-refractivity contribution >= 4 is 5.57 Å². The second-order valence-electron chi connectivity index (χ2n) is 11.0. The van der Waals surface area contributed by atoms with Crippen LogP contribution >= 0.6 is 0 Å². The molecule has 1 atom stereocenters. The number of allylic oxidation sites excluding steroid dienone is 5. The van der Waals surface area contributed by atoms with Crippen molar-refractivity contribution in [1.82, 2.24) is 4.98 Å². The van der Waals surface area contributed by atoms with Gasteiger partial charge in [0.05, 0.1) is 11.4 Å². The zero-order valence-corrected chi connectivity index (χ0v) is 23.8. The number of aryl methyl sites for hydroxylation is 1. The molecular formula is C40H35N. The van der Waals surface area contributed by atoms with E-state index in [1.165, 1.54) is 44.5 Å². The van der Waals surface area contributed by atoms with Gasteiger partial charge in [-0.15, -0.1) is 0 Å². The summed E-state index contributed by atoms with van der Waals surface area (Å²) >= 11 is 0. The lowest BCUT2D eigenvalue weighted by Gasteiger charge is -2.20. The van der Waals surface area contributed by atoms with Crippen molar-refractivity contribution in [2.75, 3.05) is 0 Å². The van der Waals surface area contributed by atoms with E-state index in [9.17, 15) is 0 Å². The normalized spacial score (nSPS) is 14.2. The van der Waals surface area contributed by atoms with Gasteiger partial charge in [-0.05, 0) is 113 Å². The van der Waals surface area contributed by atoms with Crippen LogP contribution in [0.3, 0.4) is 0 Å². The lowest BCUT2D eigenvalue weighted by atomic mass is 9.84. The molecule has 0 aliphatic heterocycles. The zero-order valence-electron chi connectivity index (χ0n) is 23.8. The highest BCUT2D eigenvalue weighted by Gasteiger charge is 2.16. The summed E-state index contributed by atoms with van der Waals surface area (Å²) in [7, 11) is 0. The second-order valence-corrected chi connectivity index (χ2v) is 11.0. The first-order chi connectivity index (χ1) is 20.0. The molecule has 0 amide bonds. The number of hydrogen-bond acceptors (Lipinski definition) is 1. The third-order valence-corrected chi connectivity index (χ3v) is 7.97. The van der Waals surface area contributed by atoms with Crippen molar-refractivity contribution in [2.24, 2.45) is 5.92 Å². The number of rotatable bonds is 7. The van der Waals surface area contributed by atoms with Crippen LogP contribution in [0, 0.1) is 12.8 Å². The predicted octanol–water partition coefficient (Wildman–Crippen LogP) is 10.8. The SMILES string of the molecule is C=C(C)c1cccc(-c2cccc(-c3cccc(-c4cc(C)c(CC5C=CC=CC5)c(-c5ccccc5)c4)c3)c2)n1. The number of pyridine rings is 1. The molecule has 4 aromatic carbocycles. The summed E-state index contributed by atoms with van der Waals surface area (Å²) in [5.74, 6) is 0.535. The van der Waals surface area contributed by atoms with Gasteiger partial charge in [0.1, 0.15) is 0 Å². The zero-order chi connectivity index (χ0) is 28.2. The Bertz CT molecular complexity index is 1770. The number of hydrogen-bond donors (Lipinski definition) is 0. The second kappa shape index (κ2) is 11.8. The lowest BCUT2D eigenvalue weighted by molar-refractivity contribution is 0.652. The molecule has 6 rings (SSSR count). The number of benzene rings is 4. The quantitative estimate of drug-likeness (QED) is 0.204. The molecule has 0 saturated heterocycles. The van der Waals surface area contributed by atoms with Crippen molar-refractivity contribution in [3.05, 3.63) is 157 Å². The molecule has 0 fully saturated rings. The Morgan fingerprint density at radius 3 is 2.07 bits per heavy atom. The summed E-state index contributed by atoms with van der Waals surface area (Å²) in [5, 5.41) is 0. The van der Waals surface area contributed by atoms with Gasteiger partial charge in [0.15, 0.2) is 0 Å². The van der Waals surface area contributed by atoms with Gasteiger partial charge in [0.2, 0.25) is 0 Å². The Labute approximate surface area is 244 Å². The van der Waals surface area contributed by atoms with Gasteiger partial charge in [-0.1, -0.05) is 110 Å². The Balaban J connectivity index is 1.38. The average molecular weight is 530 g/mol. The topological polar surface area (TPSA) is 12.9 Å². The molecule has 1 heterocycles. The minimum atomic E-state index is 0.535. The highest BCUT2D eigenvalue weighted by Crippen LogP contribution is 2.36. The highest BCUT2D eigenvalue weighted by atomic mass is 14.7. The molecule has 1 aliphatic rings. The van der Waals surface area contributed by atoms with Crippen LogP contribution in [-0.2, 0) is 6.42 Å². The summed E-state index contributed by atoms with van der Waals surface area (Å²) in [5.41, 5.74) is 14.2. The molecule has 1 heteroatoms. The van der Waals surface area contributed by atoms with Crippen LogP contribution in [0.1, 0.15) is 30.2 Å². The maximum Gasteiger partial charge on any atom is 0.0709 e. The molecule has 0 saturated carbocycles. The smallest absolute Gasteiger partial charge is 0.0709 e. The first-order valence-corrected chi connectivity index (χ1v) is 14.4. The Hall–Kier alpha value is -4.75. The van der Waals surface area contributed by atoms with Gasteiger partial charge in [-0.2, -0.15) is 0 Å². The molecule has 41 heavy (non-hydrogen) atoms. The van der Waals surface area contributed by atoms with E-state index in [0.717, 1.165) is 35.4 Å². The van der Waals surface area contributed by atoms with Crippen LogP contribution in [0.4, 0.5) is 0 Å². The summed E-state index contributed by atoms with van der Waals surface area (Å²) in [6, 6.07) is 39.3. The molecule has 5 aromatic rings. The van der Waals surface area contributed by atoms with E-state index >= 15 is 0 Å². The molecule has 1 nitrogen and oxygen atoms in total. The number of nitrogens with zero attached hydrogens (tertiary/aromatic N) is 1. The van der Waals surface area contributed by atoms with Gasteiger partial charge in [0, 0.05) is 5.56 Å². The van der Waals surface area contributed by atoms with E-state index in [4.69, 9.17) is 4.98 Å². The Kier molecular flexibility index (Phi) is 7.60. The Morgan fingerprint density at radius 2 is 1.37 bits per heavy atom. The van der Waals surface area contributed by atoms with Crippen molar-refractivity contribution in [3.8, 4) is 44.6 Å². The van der Waals surface area contributed by atoms with Crippen LogP contribution in [0.5, 0.6) is 0 Å². The maximum atomic E-state index is 4.83. The minimum absolute atomic E-state index is 0.535. The van der Waals surface area contributed by atoms with Gasteiger partial charge >= 0.3 is 0 Å². The summed E-state index contributed by atoms with van der Waals surface area (Å²) < 4.78 is 0. The summed E-state index contributed by atoms with van der Waals surface area (Å²) in [6.45, 7) is 8.33. The fraction of sp³-hybridized carbons (Fsp3) is 0.125. The standard InChI is InChI=1S/C40H35N/c1-28(2)39-21-12-22-40(41-39)35-20-11-18-33(26-35)32-17-10-19-34(25-32)36-23-29(3)37(24-30-13-6-4-7-14-30)38(27-36)31-15-8-5-9-16-31/h4-13,15-23,25-27,30H,1,14,24H2,2-3H3. The third kappa shape index (κ3) is 5.90. The van der Waals surface area contributed by atoms with Crippen LogP contribution in [-0.4, -0.2) is 4.98 Å². The maximum absolute atomic E-state index is 4.83. The summed E-state index contributed by atoms with van der Waals surface area (Å²) in [4.78, 5) is 4.83. The van der Waals surface area contributed by atoms with Crippen molar-refractivity contribution in [3.63, 3.8) is 0 Å². The van der Waals surface area contributed by atoms with E-state index < -0.39 is 0 Å². The monoisotopic (exact) mass is 529 g/mol. The lowest BCUT2D eigenvalue weighted by Crippen LogP contribution is -2.06. The molecule has 0 N–H and O–H groups in total. The van der Waals surface area contributed by atoms with Crippen LogP contribution in [0.25, 0.3) is 50.2 Å². The Morgan fingerprint density at radius 1 is 0.707 bits per heavy atom. The fourth-order valence-electron chi connectivity index (χ4n) is 5.74. The predicted molar refractivity (Wildman–Crippen MR) is 176 cm³/mol.